The van der Waals surface area contributed by atoms with Crippen LogP contribution in [-0.2, 0) is 0 Å². The Labute approximate surface area is 80.2 Å². The van der Waals surface area contributed by atoms with Gasteiger partial charge in [-0.2, -0.15) is 0 Å². The maximum absolute atomic E-state index is 3.50. The fraction of sp³-hybridized carbons (Fsp3) is 0.500. The Morgan fingerprint density at radius 1 is 1.38 bits per heavy atom. The molecule has 0 aromatic heterocycles. The predicted octanol–water partition coefficient (Wildman–Crippen LogP) is 3.22. The van der Waals surface area contributed by atoms with Crippen LogP contribution >= 0.6 is 0 Å². The summed E-state index contributed by atoms with van der Waals surface area (Å²) in [7, 11) is 0. The highest BCUT2D eigenvalue weighted by Gasteiger charge is 2.21. The van der Waals surface area contributed by atoms with Crippen LogP contribution in [0.15, 0.2) is 12.1 Å². The number of rotatable bonds is 1. The smallest absolute Gasteiger partial charge is 0.0406 e. The summed E-state index contributed by atoms with van der Waals surface area (Å²) in [6.45, 7) is 7.75. The summed E-state index contributed by atoms with van der Waals surface area (Å²) < 4.78 is 0. The van der Waals surface area contributed by atoms with E-state index in [2.05, 4.69) is 38.2 Å². The lowest BCUT2D eigenvalue weighted by molar-refractivity contribution is 0.727. The molecular formula is C12H17N. The second kappa shape index (κ2) is 3.06. The van der Waals surface area contributed by atoms with Crippen molar-refractivity contribution in [3.05, 3.63) is 28.8 Å². The molecular weight excluding hydrogens is 158 g/mol. The maximum atomic E-state index is 3.50. The predicted molar refractivity (Wildman–Crippen MR) is 57.4 cm³/mol. The van der Waals surface area contributed by atoms with Crippen molar-refractivity contribution in [1.82, 2.24) is 0 Å². The van der Waals surface area contributed by atoms with Crippen molar-refractivity contribution in [3.63, 3.8) is 0 Å². The Morgan fingerprint density at radius 2 is 2.15 bits per heavy atom. The zero-order chi connectivity index (χ0) is 9.42. The second-order valence-electron chi connectivity index (χ2n) is 4.03. The third-order valence-corrected chi connectivity index (χ3v) is 2.97. The van der Waals surface area contributed by atoms with Gasteiger partial charge in [0, 0.05) is 18.2 Å². The molecule has 0 bridgehead atoms. The minimum Gasteiger partial charge on any atom is -0.384 e. The van der Waals surface area contributed by atoms with Gasteiger partial charge >= 0.3 is 0 Å². The summed E-state index contributed by atoms with van der Waals surface area (Å²) in [6, 6.07) is 4.58. The van der Waals surface area contributed by atoms with Gasteiger partial charge in [-0.15, -0.1) is 0 Å². The molecule has 1 nitrogen and oxygen atoms in total. The number of hydrogen-bond acceptors (Lipinski definition) is 1. The lowest BCUT2D eigenvalue weighted by Crippen LogP contribution is -1.99. The number of fused-ring (bicyclic) bond motifs is 1. The molecule has 0 radical (unpaired) electrons. The first-order chi connectivity index (χ1) is 6.22. The van der Waals surface area contributed by atoms with Crippen molar-refractivity contribution in [3.8, 4) is 0 Å². The van der Waals surface area contributed by atoms with Crippen molar-refractivity contribution < 1.29 is 0 Å². The molecule has 1 aromatic rings. The number of hydrogen-bond donors (Lipinski definition) is 1. The monoisotopic (exact) mass is 175 g/mol. The summed E-state index contributed by atoms with van der Waals surface area (Å²) in [4.78, 5) is 0. The first-order valence-electron chi connectivity index (χ1n) is 5.07. The molecule has 1 heterocycles. The number of anilines is 1. The Kier molecular flexibility index (Phi) is 2.03. The highest BCUT2D eigenvalue weighted by molar-refractivity contribution is 5.63. The van der Waals surface area contributed by atoms with Crippen LogP contribution in [0, 0.1) is 13.8 Å². The van der Waals surface area contributed by atoms with Crippen LogP contribution in [0.2, 0.25) is 0 Å². The van der Waals surface area contributed by atoms with E-state index in [9.17, 15) is 0 Å². The molecule has 0 aliphatic carbocycles. The van der Waals surface area contributed by atoms with Crippen molar-refractivity contribution in [2.45, 2.75) is 33.1 Å². The van der Waals surface area contributed by atoms with Crippen molar-refractivity contribution >= 4 is 5.69 Å². The summed E-state index contributed by atoms with van der Waals surface area (Å²) in [5, 5.41) is 3.50. The van der Waals surface area contributed by atoms with Crippen molar-refractivity contribution in [2.24, 2.45) is 0 Å². The summed E-state index contributed by atoms with van der Waals surface area (Å²) >= 11 is 0. The molecule has 1 aromatic carbocycles. The Morgan fingerprint density at radius 3 is 2.85 bits per heavy atom. The molecule has 0 saturated heterocycles. The van der Waals surface area contributed by atoms with Crippen LogP contribution < -0.4 is 5.32 Å². The molecule has 0 spiro atoms. The van der Waals surface area contributed by atoms with E-state index in [4.69, 9.17) is 0 Å². The third-order valence-electron chi connectivity index (χ3n) is 2.97. The van der Waals surface area contributed by atoms with E-state index in [1.807, 2.05) is 0 Å². The van der Waals surface area contributed by atoms with Gasteiger partial charge in [-0.05, 0) is 31.4 Å². The van der Waals surface area contributed by atoms with Crippen LogP contribution in [0.3, 0.4) is 0 Å². The molecule has 1 unspecified atom stereocenters. The molecule has 0 saturated carbocycles. The van der Waals surface area contributed by atoms with Crippen LogP contribution in [0.4, 0.5) is 5.69 Å². The standard InChI is InChI=1S/C12H17N/c1-4-10-7-13-12-9(3)5-8(2)6-11(10)12/h5-6,10,13H,4,7H2,1-3H3. The van der Waals surface area contributed by atoms with E-state index in [1.165, 1.54) is 28.8 Å². The minimum atomic E-state index is 0.730. The van der Waals surface area contributed by atoms with E-state index in [0.717, 1.165) is 12.5 Å². The van der Waals surface area contributed by atoms with Crippen LogP contribution in [0.1, 0.15) is 36.0 Å². The van der Waals surface area contributed by atoms with Gasteiger partial charge in [0.1, 0.15) is 0 Å². The van der Waals surface area contributed by atoms with Crippen molar-refractivity contribution in [2.75, 3.05) is 11.9 Å². The lowest BCUT2D eigenvalue weighted by Gasteiger charge is -2.08. The lowest BCUT2D eigenvalue weighted by atomic mass is 9.95. The van der Waals surface area contributed by atoms with Crippen LogP contribution in [0.25, 0.3) is 0 Å². The third kappa shape index (κ3) is 1.32. The Hall–Kier alpha value is -0.980. The number of aryl methyl sites for hydroxylation is 2. The quantitative estimate of drug-likeness (QED) is 0.691. The zero-order valence-electron chi connectivity index (χ0n) is 8.65. The molecule has 1 aliphatic rings. The van der Waals surface area contributed by atoms with Gasteiger partial charge in [0.15, 0.2) is 0 Å². The molecule has 1 aliphatic heterocycles. The first-order valence-corrected chi connectivity index (χ1v) is 5.07. The fourth-order valence-corrected chi connectivity index (χ4v) is 2.26. The average molecular weight is 175 g/mol. The largest absolute Gasteiger partial charge is 0.384 e. The van der Waals surface area contributed by atoms with E-state index >= 15 is 0 Å². The van der Waals surface area contributed by atoms with Gasteiger partial charge in [0.05, 0.1) is 0 Å². The van der Waals surface area contributed by atoms with Gasteiger partial charge < -0.3 is 5.32 Å². The highest BCUT2D eigenvalue weighted by Crippen LogP contribution is 2.36. The molecule has 70 valence electrons. The molecule has 2 rings (SSSR count). The van der Waals surface area contributed by atoms with E-state index in [1.54, 1.807) is 0 Å². The summed E-state index contributed by atoms with van der Waals surface area (Å²) in [6.07, 6.45) is 1.24. The van der Waals surface area contributed by atoms with Gasteiger partial charge in [0.2, 0.25) is 0 Å². The van der Waals surface area contributed by atoms with Gasteiger partial charge in [-0.25, -0.2) is 0 Å². The highest BCUT2D eigenvalue weighted by atomic mass is 14.9. The first kappa shape index (κ1) is 8.61. The number of benzene rings is 1. The SMILES string of the molecule is CCC1CNc2c(C)cc(C)cc21. The maximum Gasteiger partial charge on any atom is 0.0406 e. The average Bonchev–Trinajstić information content (AvgIpc) is 2.47. The zero-order valence-corrected chi connectivity index (χ0v) is 8.65. The second-order valence-corrected chi connectivity index (χ2v) is 4.03. The molecule has 13 heavy (non-hydrogen) atoms. The van der Waals surface area contributed by atoms with Crippen LogP contribution in [0.5, 0.6) is 0 Å². The Bertz CT molecular complexity index is 328. The molecule has 0 fully saturated rings. The van der Waals surface area contributed by atoms with E-state index in [0.29, 0.717) is 0 Å². The van der Waals surface area contributed by atoms with Gasteiger partial charge in [0.25, 0.3) is 0 Å². The molecule has 0 amide bonds. The van der Waals surface area contributed by atoms with E-state index < -0.39 is 0 Å². The molecule has 1 heteroatoms. The van der Waals surface area contributed by atoms with Gasteiger partial charge in [-0.1, -0.05) is 24.6 Å². The molecule has 1 N–H and O–H groups in total. The topological polar surface area (TPSA) is 12.0 Å². The van der Waals surface area contributed by atoms with Crippen LogP contribution in [-0.4, -0.2) is 6.54 Å². The summed E-state index contributed by atoms with van der Waals surface area (Å²) in [5.41, 5.74) is 5.70. The minimum absolute atomic E-state index is 0.730. The Balaban J connectivity index is 2.51. The van der Waals surface area contributed by atoms with Crippen molar-refractivity contribution in [1.29, 1.82) is 0 Å². The van der Waals surface area contributed by atoms with Gasteiger partial charge in [-0.3, -0.25) is 0 Å². The fourth-order valence-electron chi connectivity index (χ4n) is 2.26. The normalized spacial score (nSPS) is 19.8. The molecule has 1 atom stereocenters. The number of nitrogens with one attached hydrogen (secondary N) is 1. The summed E-state index contributed by atoms with van der Waals surface area (Å²) in [5.74, 6) is 0.730. The van der Waals surface area contributed by atoms with E-state index in [-0.39, 0.29) is 0 Å².